The number of nitrogens with one attached hydrogen (secondary N) is 3. The lowest BCUT2D eigenvalue weighted by atomic mass is 10.5. The largest absolute Gasteiger partial charge is 0.363 e. The highest BCUT2D eigenvalue weighted by Crippen LogP contribution is 2.15. The summed E-state index contributed by atoms with van der Waals surface area (Å²) in [5.74, 6) is -0.296. The number of anilines is 2. The molecular formula is C7H8N6OS. The van der Waals surface area contributed by atoms with E-state index in [0.717, 1.165) is 0 Å². The van der Waals surface area contributed by atoms with Crippen LogP contribution in [-0.2, 0) is 0 Å². The summed E-state index contributed by atoms with van der Waals surface area (Å²) in [5.41, 5.74) is 0.598. The van der Waals surface area contributed by atoms with Crippen molar-refractivity contribution in [2.24, 2.45) is 0 Å². The van der Waals surface area contributed by atoms with Gasteiger partial charge in [-0.25, -0.2) is 0 Å². The molecule has 0 aliphatic heterocycles. The number of amides is 1. The van der Waals surface area contributed by atoms with E-state index >= 15 is 0 Å². The molecule has 0 radical (unpaired) electrons. The van der Waals surface area contributed by atoms with Gasteiger partial charge in [-0.3, -0.25) is 9.89 Å². The van der Waals surface area contributed by atoms with Gasteiger partial charge < -0.3 is 10.6 Å². The van der Waals surface area contributed by atoms with Gasteiger partial charge in [-0.2, -0.15) is 5.10 Å². The van der Waals surface area contributed by atoms with Crippen LogP contribution < -0.4 is 10.6 Å². The molecule has 0 unspecified atom stereocenters. The SMILES string of the molecule is CNc1nnc(C(=O)Nc2cn[nH]c2)s1. The number of rotatable bonds is 3. The van der Waals surface area contributed by atoms with E-state index in [2.05, 4.69) is 31.0 Å². The van der Waals surface area contributed by atoms with Gasteiger partial charge in [0, 0.05) is 13.2 Å². The zero-order valence-corrected chi connectivity index (χ0v) is 8.63. The zero-order chi connectivity index (χ0) is 10.7. The Labute approximate surface area is 88.9 Å². The highest BCUT2D eigenvalue weighted by atomic mass is 32.1. The lowest BCUT2D eigenvalue weighted by molar-refractivity contribution is 0.102. The van der Waals surface area contributed by atoms with Crippen LogP contribution in [0.4, 0.5) is 10.8 Å². The highest BCUT2D eigenvalue weighted by Gasteiger charge is 2.12. The molecule has 0 fully saturated rings. The van der Waals surface area contributed by atoms with Crippen molar-refractivity contribution in [1.82, 2.24) is 20.4 Å². The number of hydrogen-bond acceptors (Lipinski definition) is 6. The minimum atomic E-state index is -0.296. The summed E-state index contributed by atoms with van der Waals surface area (Å²) in [5, 5.41) is 20.1. The molecule has 0 bridgehead atoms. The second-order valence-electron chi connectivity index (χ2n) is 2.60. The van der Waals surface area contributed by atoms with E-state index in [0.29, 0.717) is 15.8 Å². The molecule has 0 aromatic carbocycles. The molecule has 8 heteroatoms. The van der Waals surface area contributed by atoms with Crippen molar-refractivity contribution in [3.05, 3.63) is 17.4 Å². The Balaban J connectivity index is 2.08. The van der Waals surface area contributed by atoms with Gasteiger partial charge in [0.15, 0.2) is 0 Å². The number of carbonyl (C=O) groups is 1. The van der Waals surface area contributed by atoms with Crippen LogP contribution in [0.15, 0.2) is 12.4 Å². The molecule has 15 heavy (non-hydrogen) atoms. The summed E-state index contributed by atoms with van der Waals surface area (Å²) < 4.78 is 0. The fourth-order valence-corrected chi connectivity index (χ4v) is 1.51. The van der Waals surface area contributed by atoms with Gasteiger partial charge >= 0.3 is 0 Å². The molecule has 0 aliphatic carbocycles. The van der Waals surface area contributed by atoms with E-state index in [1.807, 2.05) is 0 Å². The summed E-state index contributed by atoms with van der Waals surface area (Å²) >= 11 is 1.19. The van der Waals surface area contributed by atoms with Gasteiger partial charge in [0.25, 0.3) is 5.91 Å². The number of aromatic nitrogens is 4. The van der Waals surface area contributed by atoms with Crippen LogP contribution >= 0.6 is 11.3 Å². The number of carbonyl (C=O) groups excluding carboxylic acids is 1. The maximum atomic E-state index is 11.6. The normalized spacial score (nSPS) is 9.93. The quantitative estimate of drug-likeness (QED) is 0.707. The van der Waals surface area contributed by atoms with Gasteiger partial charge in [-0.15, -0.1) is 10.2 Å². The fourth-order valence-electron chi connectivity index (χ4n) is 0.920. The Morgan fingerprint density at radius 2 is 2.40 bits per heavy atom. The Kier molecular flexibility index (Phi) is 2.59. The predicted molar refractivity (Wildman–Crippen MR) is 56.0 cm³/mol. The first-order valence-corrected chi connectivity index (χ1v) is 4.92. The van der Waals surface area contributed by atoms with Crippen LogP contribution in [0.2, 0.25) is 0 Å². The smallest absolute Gasteiger partial charge is 0.286 e. The van der Waals surface area contributed by atoms with Crippen LogP contribution in [0, 0.1) is 0 Å². The van der Waals surface area contributed by atoms with Crippen molar-refractivity contribution in [2.45, 2.75) is 0 Å². The molecule has 3 N–H and O–H groups in total. The Morgan fingerprint density at radius 3 is 3.00 bits per heavy atom. The van der Waals surface area contributed by atoms with Crippen molar-refractivity contribution in [3.8, 4) is 0 Å². The van der Waals surface area contributed by atoms with Gasteiger partial charge in [-0.05, 0) is 0 Å². The Morgan fingerprint density at radius 1 is 1.53 bits per heavy atom. The molecular weight excluding hydrogens is 216 g/mol. The van der Waals surface area contributed by atoms with Gasteiger partial charge in [-0.1, -0.05) is 11.3 Å². The summed E-state index contributed by atoms with van der Waals surface area (Å²) in [7, 11) is 1.72. The zero-order valence-electron chi connectivity index (χ0n) is 7.81. The van der Waals surface area contributed by atoms with Crippen LogP contribution in [0.5, 0.6) is 0 Å². The molecule has 0 atom stereocenters. The molecule has 1 amide bonds. The van der Waals surface area contributed by atoms with Gasteiger partial charge in [0.2, 0.25) is 10.1 Å². The third kappa shape index (κ3) is 2.10. The number of H-pyrrole nitrogens is 1. The minimum absolute atomic E-state index is 0.296. The molecule has 0 saturated heterocycles. The van der Waals surface area contributed by atoms with Gasteiger partial charge in [0.05, 0.1) is 11.9 Å². The van der Waals surface area contributed by atoms with Crippen molar-refractivity contribution in [1.29, 1.82) is 0 Å². The van der Waals surface area contributed by atoms with Crippen LogP contribution in [-0.4, -0.2) is 33.3 Å². The van der Waals surface area contributed by atoms with Gasteiger partial charge in [0.1, 0.15) is 0 Å². The lowest BCUT2D eigenvalue weighted by Gasteiger charge is -1.95. The predicted octanol–water partition coefficient (Wildman–Crippen LogP) is 0.555. The Bertz CT molecular complexity index is 450. The van der Waals surface area contributed by atoms with E-state index in [1.165, 1.54) is 17.5 Å². The van der Waals surface area contributed by atoms with Crippen molar-refractivity contribution >= 4 is 28.1 Å². The van der Waals surface area contributed by atoms with E-state index in [1.54, 1.807) is 13.2 Å². The summed E-state index contributed by atoms with van der Waals surface area (Å²) in [6.07, 6.45) is 3.09. The maximum absolute atomic E-state index is 11.6. The second-order valence-corrected chi connectivity index (χ2v) is 3.58. The van der Waals surface area contributed by atoms with Crippen LogP contribution in [0.3, 0.4) is 0 Å². The molecule has 2 rings (SSSR count). The standard InChI is InChI=1S/C7H8N6OS/c1-8-7-13-12-6(15-7)5(14)11-4-2-9-10-3-4/h2-3H,1H3,(H,8,13)(H,9,10)(H,11,14). The van der Waals surface area contributed by atoms with Crippen molar-refractivity contribution in [2.75, 3.05) is 17.7 Å². The molecule has 7 nitrogen and oxygen atoms in total. The van der Waals surface area contributed by atoms with Crippen molar-refractivity contribution in [3.63, 3.8) is 0 Å². The average molecular weight is 224 g/mol. The van der Waals surface area contributed by atoms with Crippen LogP contribution in [0.25, 0.3) is 0 Å². The van der Waals surface area contributed by atoms with E-state index < -0.39 is 0 Å². The fraction of sp³-hybridized carbons (Fsp3) is 0.143. The molecule has 0 aliphatic rings. The van der Waals surface area contributed by atoms with E-state index in [4.69, 9.17) is 0 Å². The molecule has 2 aromatic heterocycles. The minimum Gasteiger partial charge on any atom is -0.363 e. The highest BCUT2D eigenvalue weighted by molar-refractivity contribution is 7.17. The van der Waals surface area contributed by atoms with E-state index in [9.17, 15) is 4.79 Å². The van der Waals surface area contributed by atoms with E-state index in [-0.39, 0.29) is 5.91 Å². The van der Waals surface area contributed by atoms with Crippen molar-refractivity contribution < 1.29 is 4.79 Å². The number of hydrogen-bond donors (Lipinski definition) is 3. The summed E-state index contributed by atoms with van der Waals surface area (Å²) in [6, 6.07) is 0. The first kappa shape index (κ1) is 9.59. The average Bonchev–Trinajstić information content (AvgIpc) is 2.86. The number of nitrogens with zero attached hydrogens (tertiary/aromatic N) is 3. The topological polar surface area (TPSA) is 95.6 Å². The Hall–Kier alpha value is -1.96. The maximum Gasteiger partial charge on any atom is 0.286 e. The molecule has 2 aromatic rings. The number of aromatic amines is 1. The first-order valence-electron chi connectivity index (χ1n) is 4.11. The monoisotopic (exact) mass is 224 g/mol. The lowest BCUT2D eigenvalue weighted by Crippen LogP contribution is -2.10. The molecule has 2 heterocycles. The third-order valence-electron chi connectivity index (χ3n) is 1.59. The molecule has 78 valence electrons. The third-order valence-corrected chi connectivity index (χ3v) is 2.53. The second kappa shape index (κ2) is 4.05. The van der Waals surface area contributed by atoms with Crippen LogP contribution in [0.1, 0.15) is 9.80 Å². The molecule has 0 spiro atoms. The first-order chi connectivity index (χ1) is 7.29. The summed E-state index contributed by atoms with van der Waals surface area (Å²) in [6.45, 7) is 0. The summed E-state index contributed by atoms with van der Waals surface area (Å²) in [4.78, 5) is 11.6. The molecule has 0 saturated carbocycles.